The number of para-hydroxylation sites is 1. The van der Waals surface area contributed by atoms with Gasteiger partial charge in [0.25, 0.3) is 5.91 Å². The second kappa shape index (κ2) is 6.49. The Morgan fingerprint density at radius 1 is 1.29 bits per heavy atom. The van der Waals surface area contributed by atoms with E-state index in [1.165, 1.54) is 6.20 Å². The van der Waals surface area contributed by atoms with Crippen LogP contribution in [-0.2, 0) is 0 Å². The quantitative estimate of drug-likeness (QED) is 0.816. The number of fused-ring (bicyclic) bond motifs is 1. The molecule has 2 unspecified atom stereocenters. The van der Waals surface area contributed by atoms with E-state index < -0.39 is 6.09 Å². The standard InChI is InChI=1S/C17H16ClN3O3/c1-10-8-13(20-17(23)24)12-4-2-3-5-14(12)21(10)16(22)11-6-7-15(18)19-9-11/h2-7,9-10,13,20H,8H2,1H3,(H,23,24). The lowest BCUT2D eigenvalue weighted by Gasteiger charge is -2.39. The monoisotopic (exact) mass is 345 g/mol. The summed E-state index contributed by atoms with van der Waals surface area (Å²) in [7, 11) is 0. The SMILES string of the molecule is CC1CC(NC(=O)O)c2ccccc2N1C(=O)c1ccc(Cl)nc1. The molecule has 2 amide bonds. The van der Waals surface area contributed by atoms with Crippen LogP contribution in [0.25, 0.3) is 0 Å². The number of hydrogen-bond acceptors (Lipinski definition) is 3. The summed E-state index contributed by atoms with van der Waals surface area (Å²) in [6.45, 7) is 1.90. The first-order valence-corrected chi connectivity index (χ1v) is 7.88. The van der Waals surface area contributed by atoms with E-state index in [4.69, 9.17) is 16.7 Å². The zero-order valence-electron chi connectivity index (χ0n) is 12.9. The average molecular weight is 346 g/mol. The predicted molar refractivity (Wildman–Crippen MR) is 90.5 cm³/mol. The van der Waals surface area contributed by atoms with Crippen molar-refractivity contribution in [1.82, 2.24) is 10.3 Å². The maximum Gasteiger partial charge on any atom is 0.405 e. The molecule has 0 saturated heterocycles. The van der Waals surface area contributed by atoms with E-state index in [2.05, 4.69) is 10.3 Å². The van der Waals surface area contributed by atoms with Crippen LogP contribution in [0, 0.1) is 0 Å². The van der Waals surface area contributed by atoms with E-state index in [-0.39, 0.29) is 18.0 Å². The average Bonchev–Trinajstić information content (AvgIpc) is 2.54. The molecule has 6 nitrogen and oxygen atoms in total. The lowest BCUT2D eigenvalue weighted by Crippen LogP contribution is -2.46. The van der Waals surface area contributed by atoms with Gasteiger partial charge < -0.3 is 15.3 Å². The minimum atomic E-state index is -1.08. The summed E-state index contributed by atoms with van der Waals surface area (Å²) in [5.74, 6) is -0.187. The third-order valence-corrected chi connectivity index (χ3v) is 4.30. The van der Waals surface area contributed by atoms with Crippen molar-refractivity contribution in [2.75, 3.05) is 4.90 Å². The van der Waals surface area contributed by atoms with E-state index in [0.29, 0.717) is 22.8 Å². The minimum absolute atomic E-state index is 0.167. The molecule has 1 aromatic heterocycles. The molecule has 3 rings (SSSR count). The van der Waals surface area contributed by atoms with Gasteiger partial charge in [0.1, 0.15) is 5.15 Å². The number of pyridine rings is 1. The van der Waals surface area contributed by atoms with Crippen LogP contribution >= 0.6 is 11.6 Å². The van der Waals surface area contributed by atoms with Crippen molar-refractivity contribution in [2.45, 2.75) is 25.4 Å². The molecule has 1 aliphatic rings. The zero-order chi connectivity index (χ0) is 17.3. The summed E-state index contributed by atoms with van der Waals surface area (Å²) >= 11 is 5.78. The summed E-state index contributed by atoms with van der Waals surface area (Å²) in [4.78, 5) is 29.6. The van der Waals surface area contributed by atoms with Gasteiger partial charge in [-0.05, 0) is 37.1 Å². The van der Waals surface area contributed by atoms with Crippen LogP contribution in [0.2, 0.25) is 5.15 Å². The van der Waals surface area contributed by atoms with E-state index in [1.807, 2.05) is 31.2 Å². The molecule has 0 bridgehead atoms. The molecular weight excluding hydrogens is 330 g/mol. The first-order valence-electron chi connectivity index (χ1n) is 7.51. The Bertz CT molecular complexity index is 779. The van der Waals surface area contributed by atoms with E-state index in [0.717, 1.165) is 5.56 Å². The fourth-order valence-electron chi connectivity index (χ4n) is 3.05. The number of carbonyl (C=O) groups excluding carboxylic acids is 1. The van der Waals surface area contributed by atoms with Gasteiger partial charge in [-0.1, -0.05) is 29.8 Å². The number of anilines is 1. The second-order valence-electron chi connectivity index (χ2n) is 5.69. The maximum atomic E-state index is 12.9. The molecule has 1 aliphatic heterocycles. The smallest absolute Gasteiger partial charge is 0.405 e. The predicted octanol–water partition coefficient (Wildman–Crippen LogP) is 3.48. The Labute approximate surface area is 144 Å². The van der Waals surface area contributed by atoms with Crippen LogP contribution in [0.1, 0.15) is 35.3 Å². The second-order valence-corrected chi connectivity index (χ2v) is 6.08. The van der Waals surface area contributed by atoms with Gasteiger partial charge >= 0.3 is 6.09 Å². The fraction of sp³-hybridized carbons (Fsp3) is 0.235. The van der Waals surface area contributed by atoms with Crippen LogP contribution in [0.4, 0.5) is 10.5 Å². The molecule has 2 atom stereocenters. The summed E-state index contributed by atoms with van der Waals surface area (Å²) in [6.07, 6.45) is 0.862. The number of nitrogens with zero attached hydrogens (tertiary/aromatic N) is 2. The summed E-state index contributed by atoms with van der Waals surface area (Å²) < 4.78 is 0. The van der Waals surface area contributed by atoms with Crippen LogP contribution < -0.4 is 10.2 Å². The van der Waals surface area contributed by atoms with Crippen molar-refractivity contribution < 1.29 is 14.7 Å². The van der Waals surface area contributed by atoms with Crippen LogP contribution in [0.3, 0.4) is 0 Å². The van der Waals surface area contributed by atoms with Crippen molar-refractivity contribution in [1.29, 1.82) is 0 Å². The molecule has 124 valence electrons. The highest BCUT2D eigenvalue weighted by atomic mass is 35.5. The van der Waals surface area contributed by atoms with E-state index in [9.17, 15) is 9.59 Å². The highest BCUT2D eigenvalue weighted by molar-refractivity contribution is 6.29. The zero-order valence-corrected chi connectivity index (χ0v) is 13.7. The van der Waals surface area contributed by atoms with Crippen LogP contribution in [0.5, 0.6) is 0 Å². The molecule has 2 N–H and O–H groups in total. The number of rotatable bonds is 2. The molecule has 0 aliphatic carbocycles. The Morgan fingerprint density at radius 2 is 2.04 bits per heavy atom. The van der Waals surface area contributed by atoms with Crippen LogP contribution in [0.15, 0.2) is 42.6 Å². The summed E-state index contributed by atoms with van der Waals surface area (Å²) in [5, 5.41) is 11.9. The van der Waals surface area contributed by atoms with Gasteiger partial charge in [0, 0.05) is 17.9 Å². The number of halogens is 1. The fourth-order valence-corrected chi connectivity index (χ4v) is 3.16. The van der Waals surface area contributed by atoms with Gasteiger partial charge in [0.05, 0.1) is 11.6 Å². The molecule has 0 spiro atoms. The van der Waals surface area contributed by atoms with Gasteiger partial charge in [-0.15, -0.1) is 0 Å². The van der Waals surface area contributed by atoms with E-state index in [1.54, 1.807) is 17.0 Å². The number of carboxylic acid groups (broad SMARTS) is 1. The molecule has 0 radical (unpaired) electrons. The number of carbonyl (C=O) groups is 2. The first kappa shape index (κ1) is 16.3. The number of aromatic nitrogens is 1. The minimum Gasteiger partial charge on any atom is -0.465 e. The third-order valence-electron chi connectivity index (χ3n) is 4.08. The summed E-state index contributed by atoms with van der Waals surface area (Å²) in [6, 6.07) is 10.0. The summed E-state index contributed by atoms with van der Waals surface area (Å²) in [5.41, 5.74) is 1.92. The van der Waals surface area contributed by atoms with Crippen molar-refractivity contribution in [3.8, 4) is 0 Å². The number of hydrogen-bond donors (Lipinski definition) is 2. The number of amides is 2. The van der Waals surface area contributed by atoms with Crippen molar-refractivity contribution in [3.63, 3.8) is 0 Å². The Kier molecular flexibility index (Phi) is 4.40. The molecule has 0 fully saturated rings. The Morgan fingerprint density at radius 3 is 2.71 bits per heavy atom. The van der Waals surface area contributed by atoms with Crippen LogP contribution in [-0.4, -0.2) is 28.1 Å². The van der Waals surface area contributed by atoms with E-state index >= 15 is 0 Å². The maximum absolute atomic E-state index is 12.9. The number of benzene rings is 1. The molecule has 2 heterocycles. The highest BCUT2D eigenvalue weighted by Gasteiger charge is 2.34. The van der Waals surface area contributed by atoms with Crippen molar-refractivity contribution >= 4 is 29.3 Å². The largest absolute Gasteiger partial charge is 0.465 e. The molecule has 7 heteroatoms. The van der Waals surface area contributed by atoms with Gasteiger partial charge in [-0.2, -0.15) is 0 Å². The first-order chi connectivity index (χ1) is 11.5. The van der Waals surface area contributed by atoms with Gasteiger partial charge in [-0.25, -0.2) is 9.78 Å². The molecule has 24 heavy (non-hydrogen) atoms. The lowest BCUT2D eigenvalue weighted by molar-refractivity contribution is 0.0972. The van der Waals surface area contributed by atoms with Gasteiger partial charge in [0.2, 0.25) is 0 Å². The Balaban J connectivity index is 2.00. The topological polar surface area (TPSA) is 82.5 Å². The molecule has 0 saturated carbocycles. The third kappa shape index (κ3) is 3.05. The van der Waals surface area contributed by atoms with Crippen molar-refractivity contribution in [2.24, 2.45) is 0 Å². The normalized spacial score (nSPS) is 19.5. The van der Waals surface area contributed by atoms with Gasteiger partial charge in [-0.3, -0.25) is 4.79 Å². The van der Waals surface area contributed by atoms with Gasteiger partial charge in [0.15, 0.2) is 0 Å². The molecule has 1 aromatic carbocycles. The lowest BCUT2D eigenvalue weighted by atomic mass is 9.91. The molecular formula is C17H16ClN3O3. The van der Waals surface area contributed by atoms with Crippen molar-refractivity contribution in [3.05, 3.63) is 58.9 Å². The highest BCUT2D eigenvalue weighted by Crippen LogP contribution is 2.37. The number of nitrogens with one attached hydrogen (secondary N) is 1. The Hall–Kier alpha value is -2.60. The molecule has 2 aromatic rings.